The molecule has 0 aliphatic rings. The summed E-state index contributed by atoms with van der Waals surface area (Å²) in [7, 11) is -1.72. The Kier molecular flexibility index (Phi) is 3.26. The summed E-state index contributed by atoms with van der Waals surface area (Å²) in [4.78, 5) is 0. The van der Waals surface area contributed by atoms with Crippen LogP contribution in [0.2, 0.25) is 0 Å². The molecule has 2 aromatic carbocycles. The highest BCUT2D eigenvalue weighted by molar-refractivity contribution is 6.59. The van der Waals surface area contributed by atoms with E-state index in [-0.39, 0.29) is 11.2 Å². The standard InChI is InChI=1S/C11H9BF2O3/c13-11(14)17-10-6-8(12(15)16)5-7-3-1-2-4-9(7)10/h1-6,11,15-16H. The quantitative estimate of drug-likeness (QED) is 0.787. The van der Waals surface area contributed by atoms with Gasteiger partial charge >= 0.3 is 13.7 Å². The van der Waals surface area contributed by atoms with Gasteiger partial charge < -0.3 is 14.8 Å². The van der Waals surface area contributed by atoms with Gasteiger partial charge in [0.15, 0.2) is 0 Å². The van der Waals surface area contributed by atoms with Crippen LogP contribution >= 0.6 is 0 Å². The van der Waals surface area contributed by atoms with Crippen LogP contribution in [0.1, 0.15) is 0 Å². The first kappa shape index (κ1) is 11.8. The topological polar surface area (TPSA) is 49.7 Å². The molecule has 2 aromatic rings. The third kappa shape index (κ3) is 2.54. The highest BCUT2D eigenvalue weighted by Crippen LogP contribution is 2.25. The minimum atomic E-state index is -2.95. The summed E-state index contributed by atoms with van der Waals surface area (Å²) >= 11 is 0. The Morgan fingerprint density at radius 2 is 1.82 bits per heavy atom. The summed E-state index contributed by atoms with van der Waals surface area (Å²) in [6.07, 6.45) is 0. The minimum absolute atomic E-state index is 0.0683. The van der Waals surface area contributed by atoms with E-state index >= 15 is 0 Å². The number of rotatable bonds is 3. The molecule has 2 rings (SSSR count). The van der Waals surface area contributed by atoms with Gasteiger partial charge in [0.25, 0.3) is 0 Å². The maximum absolute atomic E-state index is 12.2. The van der Waals surface area contributed by atoms with Crippen LogP contribution in [0.25, 0.3) is 10.8 Å². The van der Waals surface area contributed by atoms with Crippen LogP contribution in [-0.2, 0) is 0 Å². The molecule has 2 N–H and O–H groups in total. The Balaban J connectivity index is 2.60. The number of hydrogen-bond acceptors (Lipinski definition) is 3. The van der Waals surface area contributed by atoms with Gasteiger partial charge in [0.05, 0.1) is 0 Å². The molecular weight excluding hydrogens is 229 g/mol. The second kappa shape index (κ2) is 4.69. The number of ether oxygens (including phenoxy) is 1. The second-order valence-electron chi connectivity index (χ2n) is 3.49. The van der Waals surface area contributed by atoms with Crippen molar-refractivity contribution in [2.24, 2.45) is 0 Å². The third-order valence-electron chi connectivity index (χ3n) is 2.36. The molecule has 0 aliphatic heterocycles. The summed E-state index contributed by atoms with van der Waals surface area (Å²) in [6.45, 7) is -2.95. The van der Waals surface area contributed by atoms with Crippen molar-refractivity contribution < 1.29 is 23.6 Å². The predicted molar refractivity (Wildman–Crippen MR) is 60.4 cm³/mol. The first-order valence-corrected chi connectivity index (χ1v) is 4.91. The first-order chi connectivity index (χ1) is 8.08. The average Bonchev–Trinajstić information content (AvgIpc) is 2.28. The Labute approximate surface area is 96.4 Å². The van der Waals surface area contributed by atoms with Crippen LogP contribution in [0.4, 0.5) is 8.78 Å². The van der Waals surface area contributed by atoms with Crippen LogP contribution in [0.5, 0.6) is 5.75 Å². The normalized spacial score (nSPS) is 10.9. The summed E-state index contributed by atoms with van der Waals surface area (Å²) in [5.41, 5.74) is 0.111. The molecule has 0 amide bonds. The lowest BCUT2D eigenvalue weighted by atomic mass is 9.79. The maximum Gasteiger partial charge on any atom is 0.488 e. The van der Waals surface area contributed by atoms with Gasteiger partial charge in [-0.2, -0.15) is 8.78 Å². The molecule has 0 radical (unpaired) electrons. The molecule has 0 spiro atoms. The molecule has 0 unspecified atom stereocenters. The van der Waals surface area contributed by atoms with Crippen molar-refractivity contribution in [3.8, 4) is 5.75 Å². The lowest BCUT2D eigenvalue weighted by molar-refractivity contribution is -0.0487. The summed E-state index contributed by atoms with van der Waals surface area (Å²) in [6, 6.07) is 9.43. The van der Waals surface area contributed by atoms with E-state index in [1.807, 2.05) is 0 Å². The fraction of sp³-hybridized carbons (Fsp3) is 0.0909. The van der Waals surface area contributed by atoms with Crippen LogP contribution < -0.4 is 10.2 Å². The Bertz CT molecular complexity index is 531. The van der Waals surface area contributed by atoms with Crippen molar-refractivity contribution in [3.63, 3.8) is 0 Å². The lowest BCUT2D eigenvalue weighted by Gasteiger charge is -2.10. The van der Waals surface area contributed by atoms with E-state index < -0.39 is 13.7 Å². The fourth-order valence-corrected chi connectivity index (χ4v) is 1.64. The molecule has 0 saturated heterocycles. The molecule has 0 saturated carbocycles. The van der Waals surface area contributed by atoms with E-state index in [4.69, 9.17) is 10.0 Å². The van der Waals surface area contributed by atoms with E-state index in [9.17, 15) is 8.78 Å². The van der Waals surface area contributed by atoms with E-state index in [0.29, 0.717) is 10.8 Å². The van der Waals surface area contributed by atoms with Crippen molar-refractivity contribution in [3.05, 3.63) is 36.4 Å². The number of hydrogen-bond donors (Lipinski definition) is 2. The highest BCUT2D eigenvalue weighted by atomic mass is 19.3. The van der Waals surface area contributed by atoms with Gasteiger partial charge in [0, 0.05) is 5.39 Å². The molecule has 0 bridgehead atoms. The molecule has 0 aliphatic carbocycles. The van der Waals surface area contributed by atoms with Gasteiger partial charge in [0.2, 0.25) is 0 Å². The molecule has 0 heterocycles. The van der Waals surface area contributed by atoms with E-state index in [1.165, 1.54) is 12.1 Å². The molecule has 0 atom stereocenters. The van der Waals surface area contributed by atoms with E-state index in [0.717, 1.165) is 0 Å². The van der Waals surface area contributed by atoms with Crippen molar-refractivity contribution in [1.82, 2.24) is 0 Å². The van der Waals surface area contributed by atoms with Crippen LogP contribution in [0, 0.1) is 0 Å². The van der Waals surface area contributed by atoms with Crippen molar-refractivity contribution in [2.75, 3.05) is 0 Å². The molecule has 0 aromatic heterocycles. The van der Waals surface area contributed by atoms with Gasteiger partial charge in [-0.15, -0.1) is 0 Å². The monoisotopic (exact) mass is 238 g/mol. The zero-order valence-electron chi connectivity index (χ0n) is 8.68. The van der Waals surface area contributed by atoms with Crippen LogP contribution in [-0.4, -0.2) is 23.8 Å². The Morgan fingerprint density at radius 3 is 2.47 bits per heavy atom. The van der Waals surface area contributed by atoms with Gasteiger partial charge in [-0.1, -0.05) is 30.3 Å². The van der Waals surface area contributed by atoms with Gasteiger partial charge in [-0.25, -0.2) is 0 Å². The minimum Gasteiger partial charge on any atom is -0.434 e. The second-order valence-corrected chi connectivity index (χ2v) is 3.49. The van der Waals surface area contributed by atoms with Crippen LogP contribution in [0.15, 0.2) is 36.4 Å². The lowest BCUT2D eigenvalue weighted by Crippen LogP contribution is -2.29. The first-order valence-electron chi connectivity index (χ1n) is 4.91. The Morgan fingerprint density at radius 1 is 1.12 bits per heavy atom. The van der Waals surface area contributed by atoms with Gasteiger partial charge in [-0.05, 0) is 16.9 Å². The summed E-state index contributed by atoms with van der Waals surface area (Å²) in [5, 5.41) is 19.2. The Hall–Kier alpha value is -1.66. The SMILES string of the molecule is OB(O)c1cc(OC(F)F)c2ccccc2c1. The zero-order chi connectivity index (χ0) is 12.4. The van der Waals surface area contributed by atoms with Crippen molar-refractivity contribution in [1.29, 1.82) is 0 Å². The van der Waals surface area contributed by atoms with Crippen molar-refractivity contribution in [2.45, 2.75) is 6.61 Å². The maximum atomic E-state index is 12.2. The zero-order valence-corrected chi connectivity index (χ0v) is 8.68. The number of fused-ring (bicyclic) bond motifs is 1. The highest BCUT2D eigenvalue weighted by Gasteiger charge is 2.16. The number of alkyl halides is 2. The largest absolute Gasteiger partial charge is 0.488 e. The predicted octanol–water partition coefficient (Wildman–Crippen LogP) is 1.12. The molecule has 88 valence electrons. The fourth-order valence-electron chi connectivity index (χ4n) is 1.64. The number of halogens is 2. The molecule has 17 heavy (non-hydrogen) atoms. The molecule has 3 nitrogen and oxygen atoms in total. The molecule has 6 heteroatoms. The van der Waals surface area contributed by atoms with Crippen molar-refractivity contribution >= 4 is 23.4 Å². The van der Waals surface area contributed by atoms with E-state index in [1.54, 1.807) is 24.3 Å². The molecule has 0 fully saturated rings. The third-order valence-corrected chi connectivity index (χ3v) is 2.36. The smallest absolute Gasteiger partial charge is 0.434 e. The summed E-state index contributed by atoms with van der Waals surface area (Å²) < 4.78 is 28.8. The summed E-state index contributed by atoms with van der Waals surface area (Å²) in [5.74, 6) is -0.0683. The molecular formula is C11H9BF2O3. The van der Waals surface area contributed by atoms with Crippen LogP contribution in [0.3, 0.4) is 0 Å². The van der Waals surface area contributed by atoms with E-state index in [2.05, 4.69) is 4.74 Å². The number of benzene rings is 2. The average molecular weight is 238 g/mol. The van der Waals surface area contributed by atoms with Gasteiger partial charge in [0.1, 0.15) is 5.75 Å². The van der Waals surface area contributed by atoms with Gasteiger partial charge in [-0.3, -0.25) is 0 Å².